The second kappa shape index (κ2) is 8.71. The number of hydrogen-bond donors (Lipinski definition) is 0. The molecule has 0 bridgehead atoms. The van der Waals surface area contributed by atoms with Crippen LogP contribution in [0.25, 0.3) is 0 Å². The fraction of sp³-hybridized carbons (Fsp3) is 0.714. The van der Waals surface area contributed by atoms with Crippen LogP contribution in [0.2, 0.25) is 0 Å². The highest BCUT2D eigenvalue weighted by molar-refractivity contribution is 5.27. The lowest BCUT2D eigenvalue weighted by Crippen LogP contribution is -1.88. The average molecular weight is 190 g/mol. The third kappa shape index (κ3) is 7.75. The SMILES string of the molecule is CCCC(C)C#CC#CC(C)CCC. The fourth-order valence-electron chi connectivity index (χ4n) is 1.33. The minimum atomic E-state index is 0.496. The summed E-state index contributed by atoms with van der Waals surface area (Å²) in [7, 11) is 0. The molecule has 0 aromatic carbocycles. The van der Waals surface area contributed by atoms with Gasteiger partial charge in [0.1, 0.15) is 0 Å². The minimum absolute atomic E-state index is 0.496. The van der Waals surface area contributed by atoms with E-state index in [1.54, 1.807) is 0 Å². The molecule has 0 spiro atoms. The van der Waals surface area contributed by atoms with Gasteiger partial charge in [0.15, 0.2) is 0 Å². The first-order valence-corrected chi connectivity index (χ1v) is 5.71. The van der Waals surface area contributed by atoms with Crippen LogP contribution < -0.4 is 0 Å². The van der Waals surface area contributed by atoms with Crippen LogP contribution in [-0.4, -0.2) is 0 Å². The van der Waals surface area contributed by atoms with Gasteiger partial charge in [-0.05, 0) is 24.7 Å². The van der Waals surface area contributed by atoms with Crippen molar-refractivity contribution in [3.63, 3.8) is 0 Å². The second-order valence-corrected chi connectivity index (χ2v) is 3.92. The number of rotatable bonds is 4. The molecule has 0 fully saturated rings. The van der Waals surface area contributed by atoms with Gasteiger partial charge in [0.05, 0.1) is 0 Å². The van der Waals surface area contributed by atoms with E-state index in [4.69, 9.17) is 0 Å². The Labute approximate surface area is 89.5 Å². The van der Waals surface area contributed by atoms with Crippen LogP contribution in [-0.2, 0) is 0 Å². The van der Waals surface area contributed by atoms with Gasteiger partial charge < -0.3 is 0 Å². The monoisotopic (exact) mass is 190 g/mol. The molecule has 0 saturated carbocycles. The smallest absolute Gasteiger partial charge is 0.0184 e. The summed E-state index contributed by atoms with van der Waals surface area (Å²) in [5, 5.41) is 0. The average Bonchev–Trinajstić information content (AvgIpc) is 2.13. The lowest BCUT2D eigenvalue weighted by atomic mass is 10.1. The molecule has 2 unspecified atom stereocenters. The van der Waals surface area contributed by atoms with Gasteiger partial charge in [0.2, 0.25) is 0 Å². The van der Waals surface area contributed by atoms with Crippen LogP contribution in [0.3, 0.4) is 0 Å². The normalized spacial score (nSPS) is 13.1. The Morgan fingerprint density at radius 1 is 0.786 bits per heavy atom. The zero-order valence-corrected chi connectivity index (χ0v) is 9.98. The lowest BCUT2D eigenvalue weighted by molar-refractivity contribution is 0.652. The predicted octanol–water partition coefficient (Wildman–Crippen LogP) is 3.87. The Morgan fingerprint density at radius 3 is 1.43 bits per heavy atom. The van der Waals surface area contributed by atoms with Crippen molar-refractivity contribution >= 4 is 0 Å². The van der Waals surface area contributed by atoms with Crippen LogP contribution in [0.4, 0.5) is 0 Å². The molecule has 0 aliphatic rings. The van der Waals surface area contributed by atoms with Gasteiger partial charge in [-0.2, -0.15) is 0 Å². The Kier molecular flexibility index (Phi) is 8.16. The summed E-state index contributed by atoms with van der Waals surface area (Å²) in [6.45, 7) is 8.70. The van der Waals surface area contributed by atoms with Gasteiger partial charge in [-0.15, -0.1) is 0 Å². The molecule has 0 radical (unpaired) electrons. The fourth-order valence-corrected chi connectivity index (χ4v) is 1.33. The molecule has 78 valence electrons. The van der Waals surface area contributed by atoms with Crippen molar-refractivity contribution in [3.05, 3.63) is 0 Å². The lowest BCUT2D eigenvalue weighted by Gasteiger charge is -1.97. The van der Waals surface area contributed by atoms with E-state index in [2.05, 4.69) is 51.4 Å². The summed E-state index contributed by atoms with van der Waals surface area (Å²) >= 11 is 0. The first-order valence-electron chi connectivity index (χ1n) is 5.71. The largest absolute Gasteiger partial charge is 0.0860 e. The van der Waals surface area contributed by atoms with Gasteiger partial charge in [0.25, 0.3) is 0 Å². The van der Waals surface area contributed by atoms with Gasteiger partial charge >= 0.3 is 0 Å². The molecule has 0 N–H and O–H groups in total. The van der Waals surface area contributed by atoms with Gasteiger partial charge in [-0.3, -0.25) is 0 Å². The first kappa shape index (κ1) is 13.1. The molecule has 0 aliphatic carbocycles. The summed E-state index contributed by atoms with van der Waals surface area (Å²) in [5.41, 5.74) is 0. The maximum atomic E-state index is 3.16. The summed E-state index contributed by atoms with van der Waals surface area (Å²) in [6.07, 6.45) is 4.77. The summed E-state index contributed by atoms with van der Waals surface area (Å²) in [5.74, 6) is 13.2. The van der Waals surface area contributed by atoms with E-state index in [1.807, 2.05) is 0 Å². The molecule has 14 heavy (non-hydrogen) atoms. The van der Waals surface area contributed by atoms with Gasteiger partial charge in [-0.1, -0.05) is 52.4 Å². The molecule has 0 heteroatoms. The third-order valence-corrected chi connectivity index (χ3v) is 2.14. The predicted molar refractivity (Wildman–Crippen MR) is 63.7 cm³/mol. The Balaban J connectivity index is 3.88. The summed E-state index contributed by atoms with van der Waals surface area (Å²) in [4.78, 5) is 0. The third-order valence-electron chi connectivity index (χ3n) is 2.14. The summed E-state index contributed by atoms with van der Waals surface area (Å²) < 4.78 is 0. The molecule has 0 aromatic heterocycles. The molecule has 0 amide bonds. The topological polar surface area (TPSA) is 0 Å². The molecule has 2 atom stereocenters. The minimum Gasteiger partial charge on any atom is -0.0860 e. The quantitative estimate of drug-likeness (QED) is 0.590. The van der Waals surface area contributed by atoms with E-state index in [9.17, 15) is 0 Å². The van der Waals surface area contributed by atoms with Crippen molar-refractivity contribution in [2.45, 2.75) is 53.4 Å². The van der Waals surface area contributed by atoms with Crippen LogP contribution in [0.15, 0.2) is 0 Å². The maximum Gasteiger partial charge on any atom is 0.0184 e. The molecule has 0 aliphatic heterocycles. The van der Waals surface area contributed by atoms with Crippen LogP contribution in [0.1, 0.15) is 53.4 Å². The van der Waals surface area contributed by atoms with Crippen molar-refractivity contribution in [1.29, 1.82) is 0 Å². The molecule has 0 nitrogen and oxygen atoms in total. The zero-order valence-electron chi connectivity index (χ0n) is 9.98. The van der Waals surface area contributed by atoms with Crippen LogP contribution >= 0.6 is 0 Å². The van der Waals surface area contributed by atoms with E-state index in [0.717, 1.165) is 0 Å². The summed E-state index contributed by atoms with van der Waals surface area (Å²) in [6, 6.07) is 0. The van der Waals surface area contributed by atoms with E-state index >= 15 is 0 Å². The highest BCUT2D eigenvalue weighted by Gasteiger charge is 1.93. The maximum absolute atomic E-state index is 3.16. The second-order valence-electron chi connectivity index (χ2n) is 3.92. The molecule has 0 saturated heterocycles. The van der Waals surface area contributed by atoms with Crippen molar-refractivity contribution < 1.29 is 0 Å². The van der Waals surface area contributed by atoms with E-state index in [-0.39, 0.29) is 0 Å². The van der Waals surface area contributed by atoms with Crippen molar-refractivity contribution in [3.8, 4) is 23.7 Å². The van der Waals surface area contributed by atoms with Crippen LogP contribution in [0, 0.1) is 35.5 Å². The van der Waals surface area contributed by atoms with E-state index < -0.39 is 0 Å². The molecule has 0 heterocycles. The van der Waals surface area contributed by atoms with Crippen molar-refractivity contribution in [2.24, 2.45) is 11.8 Å². The van der Waals surface area contributed by atoms with Crippen LogP contribution in [0.5, 0.6) is 0 Å². The van der Waals surface area contributed by atoms with Crippen molar-refractivity contribution in [2.75, 3.05) is 0 Å². The Bertz CT molecular complexity index is 213. The van der Waals surface area contributed by atoms with E-state index in [0.29, 0.717) is 11.8 Å². The standard InChI is InChI=1S/C14H22/c1-5-9-13(3)11-7-8-12-14(4)10-6-2/h13-14H,5-6,9-10H2,1-4H3. The highest BCUT2D eigenvalue weighted by Crippen LogP contribution is 2.03. The zero-order chi connectivity index (χ0) is 10.8. The molecular formula is C14H22. The first-order chi connectivity index (χ1) is 6.70. The van der Waals surface area contributed by atoms with Gasteiger partial charge in [0, 0.05) is 11.8 Å². The van der Waals surface area contributed by atoms with Crippen molar-refractivity contribution in [1.82, 2.24) is 0 Å². The number of hydrogen-bond acceptors (Lipinski definition) is 0. The highest BCUT2D eigenvalue weighted by atomic mass is 14.0. The van der Waals surface area contributed by atoms with E-state index in [1.165, 1.54) is 25.7 Å². The molecule has 0 rings (SSSR count). The van der Waals surface area contributed by atoms with Gasteiger partial charge in [-0.25, -0.2) is 0 Å². The Morgan fingerprint density at radius 2 is 1.14 bits per heavy atom. The molecule has 0 aromatic rings. The molecular weight excluding hydrogens is 168 g/mol. The Hall–Kier alpha value is -0.880.